The third-order valence-corrected chi connectivity index (χ3v) is 2.36. The number of rotatable bonds is 5. The summed E-state index contributed by atoms with van der Waals surface area (Å²) in [6, 6.07) is 0. The molecule has 1 saturated heterocycles. The van der Waals surface area contributed by atoms with Crippen LogP contribution in [0.15, 0.2) is 0 Å². The van der Waals surface area contributed by atoms with Crippen molar-refractivity contribution in [2.24, 2.45) is 5.92 Å². The molecule has 1 aliphatic rings. The number of nitrogens with one attached hydrogen (secondary N) is 1. The van der Waals surface area contributed by atoms with Crippen LogP contribution in [0.25, 0.3) is 0 Å². The highest BCUT2D eigenvalue weighted by atomic mass is 15.1. The van der Waals surface area contributed by atoms with E-state index in [0.29, 0.717) is 0 Å². The molecule has 1 N–H and O–H groups in total. The van der Waals surface area contributed by atoms with Gasteiger partial charge in [0.1, 0.15) is 0 Å². The second kappa shape index (κ2) is 5.55. The first-order chi connectivity index (χ1) is 5.79. The topological polar surface area (TPSA) is 15.3 Å². The molecule has 0 aliphatic carbocycles. The van der Waals surface area contributed by atoms with Crippen LogP contribution in [-0.2, 0) is 0 Å². The molecule has 0 bridgehead atoms. The molecule has 1 fully saturated rings. The third kappa shape index (κ3) is 4.07. The number of nitrogens with zero attached hydrogens (tertiary/aromatic N) is 1. The molecule has 0 saturated carbocycles. The van der Waals surface area contributed by atoms with E-state index in [4.69, 9.17) is 0 Å². The summed E-state index contributed by atoms with van der Waals surface area (Å²) in [5, 5.41) is 3.47. The quantitative estimate of drug-likeness (QED) is 0.626. The van der Waals surface area contributed by atoms with Gasteiger partial charge in [-0.05, 0) is 38.4 Å². The zero-order valence-electron chi connectivity index (χ0n) is 8.47. The Morgan fingerprint density at radius 3 is 2.50 bits per heavy atom. The van der Waals surface area contributed by atoms with Crippen molar-refractivity contribution in [1.82, 2.24) is 10.2 Å². The highest BCUT2D eigenvalue weighted by Gasteiger charge is 2.09. The standard InChI is InChI=1S/C10H22N2/c1-10(2)9-11-5-8-12-6-3-4-7-12/h10-11H,3-9H2,1-2H3. The van der Waals surface area contributed by atoms with Gasteiger partial charge in [0.2, 0.25) is 0 Å². The van der Waals surface area contributed by atoms with Gasteiger partial charge in [-0.25, -0.2) is 0 Å². The zero-order chi connectivity index (χ0) is 8.81. The molecule has 0 aromatic carbocycles. The van der Waals surface area contributed by atoms with Crippen molar-refractivity contribution in [2.75, 3.05) is 32.7 Å². The maximum absolute atomic E-state index is 3.47. The predicted octanol–water partition coefficient (Wildman–Crippen LogP) is 1.33. The van der Waals surface area contributed by atoms with Crippen LogP contribution in [-0.4, -0.2) is 37.6 Å². The van der Waals surface area contributed by atoms with Crippen LogP contribution in [0.5, 0.6) is 0 Å². The van der Waals surface area contributed by atoms with Crippen molar-refractivity contribution in [3.05, 3.63) is 0 Å². The minimum atomic E-state index is 0.781. The maximum Gasteiger partial charge on any atom is 0.0107 e. The lowest BCUT2D eigenvalue weighted by Crippen LogP contribution is -2.31. The van der Waals surface area contributed by atoms with E-state index in [0.717, 1.165) is 19.0 Å². The summed E-state index contributed by atoms with van der Waals surface area (Å²) in [6.45, 7) is 10.7. The van der Waals surface area contributed by atoms with Gasteiger partial charge in [0.15, 0.2) is 0 Å². The predicted molar refractivity (Wildman–Crippen MR) is 53.4 cm³/mol. The summed E-state index contributed by atoms with van der Waals surface area (Å²) in [7, 11) is 0. The Labute approximate surface area is 76.3 Å². The largest absolute Gasteiger partial charge is 0.315 e. The van der Waals surface area contributed by atoms with Crippen LogP contribution < -0.4 is 5.32 Å². The van der Waals surface area contributed by atoms with E-state index in [-0.39, 0.29) is 0 Å². The molecular weight excluding hydrogens is 148 g/mol. The second-order valence-electron chi connectivity index (χ2n) is 4.15. The molecule has 0 atom stereocenters. The summed E-state index contributed by atoms with van der Waals surface area (Å²) in [5.41, 5.74) is 0. The van der Waals surface area contributed by atoms with Crippen molar-refractivity contribution < 1.29 is 0 Å². The molecule has 0 radical (unpaired) electrons. The monoisotopic (exact) mass is 170 g/mol. The number of hydrogen-bond donors (Lipinski definition) is 1. The first-order valence-corrected chi connectivity index (χ1v) is 5.22. The highest BCUT2D eigenvalue weighted by Crippen LogP contribution is 2.05. The van der Waals surface area contributed by atoms with Gasteiger partial charge in [0.25, 0.3) is 0 Å². The van der Waals surface area contributed by atoms with Gasteiger partial charge in [0, 0.05) is 13.1 Å². The molecule has 0 amide bonds. The third-order valence-electron chi connectivity index (χ3n) is 2.36. The molecular formula is C10H22N2. The van der Waals surface area contributed by atoms with Gasteiger partial charge in [-0.15, -0.1) is 0 Å². The van der Waals surface area contributed by atoms with E-state index in [2.05, 4.69) is 24.1 Å². The smallest absolute Gasteiger partial charge is 0.0107 e. The normalized spacial score (nSPS) is 19.2. The van der Waals surface area contributed by atoms with Crippen LogP contribution in [0.3, 0.4) is 0 Å². The Bertz CT molecular complexity index is 106. The van der Waals surface area contributed by atoms with Gasteiger partial charge in [-0.3, -0.25) is 0 Å². The fraction of sp³-hybridized carbons (Fsp3) is 1.00. The molecule has 1 rings (SSSR count). The van der Waals surface area contributed by atoms with Gasteiger partial charge < -0.3 is 10.2 Å². The summed E-state index contributed by atoms with van der Waals surface area (Å²) in [6.07, 6.45) is 2.81. The summed E-state index contributed by atoms with van der Waals surface area (Å²) < 4.78 is 0. The molecule has 1 heterocycles. The van der Waals surface area contributed by atoms with Crippen molar-refractivity contribution in [3.63, 3.8) is 0 Å². The molecule has 0 unspecified atom stereocenters. The SMILES string of the molecule is CC(C)CNCCN1CCCC1. The fourth-order valence-electron chi connectivity index (χ4n) is 1.63. The van der Waals surface area contributed by atoms with Crippen molar-refractivity contribution in [1.29, 1.82) is 0 Å². The average molecular weight is 170 g/mol. The number of likely N-dealkylation sites (tertiary alicyclic amines) is 1. The Hall–Kier alpha value is -0.0800. The lowest BCUT2D eigenvalue weighted by molar-refractivity contribution is 0.333. The molecule has 2 nitrogen and oxygen atoms in total. The Balaban J connectivity index is 1.88. The van der Waals surface area contributed by atoms with Gasteiger partial charge in [0.05, 0.1) is 0 Å². The van der Waals surface area contributed by atoms with Crippen LogP contribution in [0.4, 0.5) is 0 Å². The maximum atomic E-state index is 3.47. The second-order valence-corrected chi connectivity index (χ2v) is 4.15. The molecule has 1 aliphatic heterocycles. The molecule has 2 heteroatoms. The first kappa shape index (κ1) is 10.0. The molecule has 0 spiro atoms. The Kier molecular flexibility index (Phi) is 4.62. The summed E-state index contributed by atoms with van der Waals surface area (Å²) in [5.74, 6) is 0.781. The molecule has 72 valence electrons. The van der Waals surface area contributed by atoms with E-state index >= 15 is 0 Å². The Morgan fingerprint density at radius 1 is 1.25 bits per heavy atom. The van der Waals surface area contributed by atoms with Crippen LogP contribution >= 0.6 is 0 Å². The van der Waals surface area contributed by atoms with E-state index in [1.54, 1.807) is 0 Å². The molecule has 12 heavy (non-hydrogen) atoms. The van der Waals surface area contributed by atoms with Crippen LogP contribution in [0.2, 0.25) is 0 Å². The number of hydrogen-bond acceptors (Lipinski definition) is 2. The summed E-state index contributed by atoms with van der Waals surface area (Å²) in [4.78, 5) is 2.55. The van der Waals surface area contributed by atoms with E-state index < -0.39 is 0 Å². The van der Waals surface area contributed by atoms with E-state index in [1.165, 1.54) is 32.5 Å². The van der Waals surface area contributed by atoms with Crippen LogP contribution in [0, 0.1) is 5.92 Å². The zero-order valence-corrected chi connectivity index (χ0v) is 8.47. The minimum Gasteiger partial charge on any atom is -0.315 e. The lowest BCUT2D eigenvalue weighted by atomic mass is 10.2. The fourth-order valence-corrected chi connectivity index (χ4v) is 1.63. The van der Waals surface area contributed by atoms with Crippen molar-refractivity contribution in [3.8, 4) is 0 Å². The summed E-state index contributed by atoms with van der Waals surface area (Å²) >= 11 is 0. The van der Waals surface area contributed by atoms with Gasteiger partial charge in [-0.2, -0.15) is 0 Å². The van der Waals surface area contributed by atoms with Crippen molar-refractivity contribution in [2.45, 2.75) is 26.7 Å². The average Bonchev–Trinajstić information content (AvgIpc) is 2.49. The van der Waals surface area contributed by atoms with Crippen molar-refractivity contribution >= 4 is 0 Å². The lowest BCUT2D eigenvalue weighted by Gasteiger charge is -2.15. The highest BCUT2D eigenvalue weighted by molar-refractivity contribution is 4.66. The molecule has 0 aromatic rings. The van der Waals surface area contributed by atoms with Gasteiger partial charge >= 0.3 is 0 Å². The van der Waals surface area contributed by atoms with E-state index in [9.17, 15) is 0 Å². The minimum absolute atomic E-state index is 0.781. The first-order valence-electron chi connectivity index (χ1n) is 5.22. The van der Waals surface area contributed by atoms with E-state index in [1.807, 2.05) is 0 Å². The Morgan fingerprint density at radius 2 is 1.92 bits per heavy atom. The van der Waals surface area contributed by atoms with Gasteiger partial charge in [-0.1, -0.05) is 13.8 Å². The van der Waals surface area contributed by atoms with Crippen LogP contribution in [0.1, 0.15) is 26.7 Å². The molecule has 0 aromatic heterocycles.